The number of thiophene rings is 1. The van der Waals surface area contributed by atoms with Crippen molar-refractivity contribution in [2.24, 2.45) is 5.73 Å². The molecular formula is C14H16BrNOS. The number of benzene rings is 1. The van der Waals surface area contributed by atoms with Crippen LogP contribution in [0.15, 0.2) is 34.1 Å². The van der Waals surface area contributed by atoms with E-state index < -0.39 is 0 Å². The molecule has 0 saturated carbocycles. The maximum atomic E-state index is 6.26. The molecule has 1 unspecified atom stereocenters. The van der Waals surface area contributed by atoms with Crippen LogP contribution in [0.1, 0.15) is 22.0 Å². The summed E-state index contributed by atoms with van der Waals surface area (Å²) in [6.45, 7) is 2.11. The highest BCUT2D eigenvalue weighted by molar-refractivity contribution is 9.10. The van der Waals surface area contributed by atoms with Gasteiger partial charge in [0.1, 0.15) is 5.75 Å². The Morgan fingerprint density at radius 2 is 2.17 bits per heavy atom. The molecule has 0 amide bonds. The van der Waals surface area contributed by atoms with Crippen molar-refractivity contribution in [2.75, 3.05) is 7.11 Å². The fraction of sp³-hybridized carbons (Fsp3) is 0.286. The second kappa shape index (κ2) is 5.87. The molecule has 2 aromatic rings. The second-order valence-electron chi connectivity index (χ2n) is 4.25. The molecule has 0 spiro atoms. The monoisotopic (exact) mass is 325 g/mol. The molecule has 2 nitrogen and oxygen atoms in total. The number of nitrogens with two attached hydrogens (primary N) is 1. The number of aryl methyl sites for hydroxylation is 1. The summed E-state index contributed by atoms with van der Waals surface area (Å²) >= 11 is 5.22. The van der Waals surface area contributed by atoms with Crippen molar-refractivity contribution < 1.29 is 4.74 Å². The van der Waals surface area contributed by atoms with Gasteiger partial charge in [-0.2, -0.15) is 0 Å². The molecular weight excluding hydrogens is 310 g/mol. The molecule has 1 aromatic carbocycles. The molecule has 0 radical (unpaired) electrons. The summed E-state index contributed by atoms with van der Waals surface area (Å²) in [4.78, 5) is 1.27. The SMILES string of the molecule is COc1ccc(CC(N)c2sccc2C)cc1Br. The molecule has 0 aliphatic rings. The van der Waals surface area contributed by atoms with Crippen LogP contribution < -0.4 is 10.5 Å². The highest BCUT2D eigenvalue weighted by atomic mass is 79.9. The zero-order valence-electron chi connectivity index (χ0n) is 10.4. The first-order valence-corrected chi connectivity index (χ1v) is 7.41. The maximum absolute atomic E-state index is 6.26. The van der Waals surface area contributed by atoms with Crippen molar-refractivity contribution >= 4 is 27.3 Å². The van der Waals surface area contributed by atoms with Crippen molar-refractivity contribution in [2.45, 2.75) is 19.4 Å². The van der Waals surface area contributed by atoms with E-state index in [0.29, 0.717) is 0 Å². The Morgan fingerprint density at radius 3 is 2.72 bits per heavy atom. The van der Waals surface area contributed by atoms with Crippen LogP contribution in [0.4, 0.5) is 0 Å². The average Bonchev–Trinajstić information content (AvgIpc) is 2.76. The van der Waals surface area contributed by atoms with Gasteiger partial charge in [0, 0.05) is 10.9 Å². The lowest BCUT2D eigenvalue weighted by Gasteiger charge is -2.12. The molecule has 4 heteroatoms. The lowest BCUT2D eigenvalue weighted by molar-refractivity contribution is 0.412. The Labute approximate surface area is 120 Å². The minimum atomic E-state index is 0.0605. The highest BCUT2D eigenvalue weighted by Gasteiger charge is 2.12. The van der Waals surface area contributed by atoms with Crippen LogP contribution in [0.25, 0.3) is 0 Å². The molecule has 1 heterocycles. The van der Waals surface area contributed by atoms with E-state index in [1.807, 2.05) is 6.07 Å². The first-order valence-electron chi connectivity index (χ1n) is 5.74. The summed E-state index contributed by atoms with van der Waals surface area (Å²) in [5, 5.41) is 2.09. The third-order valence-corrected chi connectivity index (χ3v) is 4.68. The van der Waals surface area contributed by atoms with Crippen molar-refractivity contribution in [3.05, 3.63) is 50.1 Å². The number of methoxy groups -OCH3 is 1. The average molecular weight is 326 g/mol. The van der Waals surface area contributed by atoms with Gasteiger partial charge in [-0.05, 0) is 64.0 Å². The Bertz CT molecular complexity index is 538. The Balaban J connectivity index is 2.15. The van der Waals surface area contributed by atoms with Gasteiger partial charge in [0.05, 0.1) is 11.6 Å². The molecule has 0 aliphatic heterocycles. The summed E-state index contributed by atoms with van der Waals surface area (Å²) < 4.78 is 6.19. The molecule has 2 N–H and O–H groups in total. The molecule has 96 valence electrons. The zero-order chi connectivity index (χ0) is 13.1. The van der Waals surface area contributed by atoms with E-state index in [-0.39, 0.29) is 6.04 Å². The van der Waals surface area contributed by atoms with Crippen LogP contribution >= 0.6 is 27.3 Å². The van der Waals surface area contributed by atoms with E-state index >= 15 is 0 Å². The van der Waals surface area contributed by atoms with Gasteiger partial charge in [0.2, 0.25) is 0 Å². The number of hydrogen-bond donors (Lipinski definition) is 1. The lowest BCUT2D eigenvalue weighted by atomic mass is 10.0. The van der Waals surface area contributed by atoms with Gasteiger partial charge in [0.25, 0.3) is 0 Å². The topological polar surface area (TPSA) is 35.2 Å². The van der Waals surface area contributed by atoms with Crippen molar-refractivity contribution in [1.29, 1.82) is 0 Å². The van der Waals surface area contributed by atoms with Crippen molar-refractivity contribution in [3.63, 3.8) is 0 Å². The minimum Gasteiger partial charge on any atom is -0.496 e. The number of halogens is 1. The standard InChI is InChI=1S/C14H16BrNOS/c1-9-5-6-18-14(9)12(16)8-10-3-4-13(17-2)11(15)7-10/h3-7,12H,8,16H2,1-2H3. The van der Waals surface area contributed by atoms with Gasteiger partial charge in [-0.3, -0.25) is 0 Å². The molecule has 1 aromatic heterocycles. The Hall–Kier alpha value is -0.840. The van der Waals surface area contributed by atoms with Gasteiger partial charge in [-0.15, -0.1) is 11.3 Å². The largest absolute Gasteiger partial charge is 0.496 e. The third kappa shape index (κ3) is 2.94. The maximum Gasteiger partial charge on any atom is 0.133 e. The Morgan fingerprint density at radius 1 is 1.39 bits per heavy atom. The third-order valence-electron chi connectivity index (χ3n) is 2.91. The number of rotatable bonds is 4. The summed E-state index contributed by atoms with van der Waals surface area (Å²) in [7, 11) is 1.67. The summed E-state index contributed by atoms with van der Waals surface area (Å²) in [6, 6.07) is 8.27. The normalized spacial score (nSPS) is 12.4. The van der Waals surface area contributed by atoms with Crippen LogP contribution in [0.5, 0.6) is 5.75 Å². The van der Waals surface area contributed by atoms with E-state index in [1.165, 1.54) is 16.0 Å². The first-order chi connectivity index (χ1) is 8.61. The van der Waals surface area contributed by atoms with Gasteiger partial charge in [-0.25, -0.2) is 0 Å². The van der Waals surface area contributed by atoms with E-state index in [0.717, 1.165) is 16.6 Å². The summed E-state index contributed by atoms with van der Waals surface area (Å²) in [5.41, 5.74) is 8.75. The molecule has 18 heavy (non-hydrogen) atoms. The summed E-state index contributed by atoms with van der Waals surface area (Å²) in [5.74, 6) is 0.847. The zero-order valence-corrected chi connectivity index (χ0v) is 12.8. The van der Waals surface area contributed by atoms with E-state index in [1.54, 1.807) is 18.4 Å². The number of ether oxygens (including phenoxy) is 1. The van der Waals surface area contributed by atoms with Crippen LogP contribution in [-0.4, -0.2) is 7.11 Å². The number of hydrogen-bond acceptors (Lipinski definition) is 3. The quantitative estimate of drug-likeness (QED) is 0.919. The van der Waals surface area contributed by atoms with Gasteiger partial charge in [-0.1, -0.05) is 6.07 Å². The van der Waals surface area contributed by atoms with Gasteiger partial charge >= 0.3 is 0 Å². The van der Waals surface area contributed by atoms with Crippen LogP contribution in [0.3, 0.4) is 0 Å². The second-order valence-corrected chi connectivity index (χ2v) is 6.05. The van der Waals surface area contributed by atoms with Gasteiger partial charge in [0.15, 0.2) is 0 Å². The highest BCUT2D eigenvalue weighted by Crippen LogP contribution is 2.29. The van der Waals surface area contributed by atoms with Crippen LogP contribution in [0, 0.1) is 6.92 Å². The predicted molar refractivity (Wildman–Crippen MR) is 80.4 cm³/mol. The molecule has 2 rings (SSSR count). The molecule has 0 fully saturated rings. The van der Waals surface area contributed by atoms with Crippen LogP contribution in [0.2, 0.25) is 0 Å². The first kappa shape index (κ1) is 13.6. The van der Waals surface area contributed by atoms with Crippen molar-refractivity contribution in [3.8, 4) is 5.75 Å². The smallest absolute Gasteiger partial charge is 0.133 e. The fourth-order valence-corrected chi connectivity index (χ4v) is 3.47. The van der Waals surface area contributed by atoms with E-state index in [2.05, 4.69) is 46.4 Å². The van der Waals surface area contributed by atoms with E-state index in [9.17, 15) is 0 Å². The summed E-state index contributed by atoms with van der Waals surface area (Å²) in [6.07, 6.45) is 0.837. The van der Waals surface area contributed by atoms with Crippen LogP contribution in [-0.2, 0) is 6.42 Å². The predicted octanol–water partition coefficient (Wildman–Crippen LogP) is 4.07. The fourth-order valence-electron chi connectivity index (χ4n) is 1.95. The van der Waals surface area contributed by atoms with Gasteiger partial charge < -0.3 is 10.5 Å². The molecule has 0 bridgehead atoms. The molecule has 0 saturated heterocycles. The minimum absolute atomic E-state index is 0.0605. The molecule has 1 atom stereocenters. The Kier molecular flexibility index (Phi) is 4.43. The molecule has 0 aliphatic carbocycles. The van der Waals surface area contributed by atoms with E-state index in [4.69, 9.17) is 10.5 Å². The van der Waals surface area contributed by atoms with Crippen molar-refractivity contribution in [1.82, 2.24) is 0 Å². The lowest BCUT2D eigenvalue weighted by Crippen LogP contribution is -2.12.